The standard InChI is InChI=1S/C17H26O/c1-13-7-5-8-14(2)11-12-17(16(4)18)15(3)10-6-9-13/h8-10,17H,5-7,11-12H2,1-4H3/b13-9+,14-8+,15-10+. The Morgan fingerprint density at radius 3 is 2.39 bits per heavy atom. The van der Waals surface area contributed by atoms with Gasteiger partial charge in [0, 0.05) is 5.92 Å². The van der Waals surface area contributed by atoms with E-state index in [0.29, 0.717) is 5.78 Å². The van der Waals surface area contributed by atoms with Crippen molar-refractivity contribution >= 4 is 5.78 Å². The van der Waals surface area contributed by atoms with Gasteiger partial charge in [-0.25, -0.2) is 0 Å². The summed E-state index contributed by atoms with van der Waals surface area (Å²) < 4.78 is 0. The van der Waals surface area contributed by atoms with Crippen LogP contribution in [-0.2, 0) is 4.79 Å². The molecule has 1 unspecified atom stereocenters. The Balaban J connectivity index is 2.89. The number of allylic oxidation sites excluding steroid dienone is 6. The summed E-state index contributed by atoms with van der Waals surface area (Å²) >= 11 is 0. The van der Waals surface area contributed by atoms with Gasteiger partial charge in [0.2, 0.25) is 0 Å². The Labute approximate surface area is 112 Å². The maximum Gasteiger partial charge on any atom is 0.136 e. The van der Waals surface area contributed by atoms with Crippen LogP contribution in [0.3, 0.4) is 0 Å². The van der Waals surface area contributed by atoms with Crippen LogP contribution in [0.5, 0.6) is 0 Å². The highest BCUT2D eigenvalue weighted by Gasteiger charge is 2.15. The summed E-state index contributed by atoms with van der Waals surface area (Å²) in [5.74, 6) is 0.413. The molecule has 0 fully saturated rings. The molecule has 0 spiro atoms. The van der Waals surface area contributed by atoms with Crippen molar-refractivity contribution < 1.29 is 4.79 Å². The first-order valence-electron chi connectivity index (χ1n) is 6.99. The molecular weight excluding hydrogens is 220 g/mol. The van der Waals surface area contributed by atoms with Crippen LogP contribution in [-0.4, -0.2) is 5.78 Å². The largest absolute Gasteiger partial charge is 0.299 e. The van der Waals surface area contributed by atoms with E-state index in [1.807, 2.05) is 0 Å². The van der Waals surface area contributed by atoms with E-state index in [4.69, 9.17) is 0 Å². The molecule has 1 heteroatoms. The summed E-state index contributed by atoms with van der Waals surface area (Å²) in [6.45, 7) is 8.19. The van der Waals surface area contributed by atoms with Gasteiger partial charge >= 0.3 is 0 Å². The molecule has 1 aliphatic rings. The zero-order valence-corrected chi connectivity index (χ0v) is 12.3. The molecule has 0 saturated carbocycles. The lowest BCUT2D eigenvalue weighted by Crippen LogP contribution is -2.12. The normalized spacial score (nSPS) is 31.8. The van der Waals surface area contributed by atoms with E-state index in [1.54, 1.807) is 6.92 Å². The third kappa shape index (κ3) is 5.03. The van der Waals surface area contributed by atoms with Gasteiger partial charge in [-0.3, -0.25) is 4.79 Å². The van der Waals surface area contributed by atoms with Crippen molar-refractivity contribution in [2.75, 3.05) is 0 Å². The van der Waals surface area contributed by atoms with Crippen LogP contribution in [0.4, 0.5) is 0 Å². The van der Waals surface area contributed by atoms with Crippen molar-refractivity contribution in [2.45, 2.75) is 59.8 Å². The summed E-state index contributed by atoms with van der Waals surface area (Å²) in [6.07, 6.45) is 12.1. The number of hydrogen-bond donors (Lipinski definition) is 0. The van der Waals surface area contributed by atoms with E-state index in [9.17, 15) is 4.79 Å². The molecule has 1 rings (SSSR count). The van der Waals surface area contributed by atoms with Crippen molar-refractivity contribution in [3.05, 3.63) is 34.9 Å². The van der Waals surface area contributed by atoms with Crippen molar-refractivity contribution in [3.63, 3.8) is 0 Å². The second-order valence-electron chi connectivity index (χ2n) is 5.53. The Morgan fingerprint density at radius 1 is 1.06 bits per heavy atom. The lowest BCUT2D eigenvalue weighted by atomic mass is 9.89. The number of rotatable bonds is 1. The highest BCUT2D eigenvalue weighted by Crippen LogP contribution is 2.23. The summed E-state index contributed by atoms with van der Waals surface area (Å²) in [7, 11) is 0. The van der Waals surface area contributed by atoms with Crippen molar-refractivity contribution in [3.8, 4) is 0 Å². The highest BCUT2D eigenvalue weighted by molar-refractivity contribution is 5.81. The summed E-state index contributed by atoms with van der Waals surface area (Å²) in [5.41, 5.74) is 4.10. The lowest BCUT2D eigenvalue weighted by molar-refractivity contribution is -0.119. The SMILES string of the molecule is CC(=O)C1CC/C(C)=C/CC/C(C)=C/C/C=C/1C. The summed E-state index contributed by atoms with van der Waals surface area (Å²) in [5, 5.41) is 0. The molecule has 0 aliphatic heterocycles. The van der Waals surface area contributed by atoms with Gasteiger partial charge in [0.25, 0.3) is 0 Å². The van der Waals surface area contributed by atoms with E-state index in [-0.39, 0.29) is 5.92 Å². The molecule has 0 aromatic heterocycles. The topological polar surface area (TPSA) is 17.1 Å². The first kappa shape index (κ1) is 14.9. The molecule has 0 aromatic rings. The molecule has 0 radical (unpaired) electrons. The fraction of sp³-hybridized carbons (Fsp3) is 0.588. The average Bonchev–Trinajstić information content (AvgIpc) is 2.27. The van der Waals surface area contributed by atoms with E-state index in [2.05, 4.69) is 39.0 Å². The lowest BCUT2D eigenvalue weighted by Gasteiger charge is -2.15. The Bertz CT molecular complexity index is 382. The van der Waals surface area contributed by atoms with Gasteiger partial charge in [-0.05, 0) is 59.8 Å². The fourth-order valence-electron chi connectivity index (χ4n) is 2.46. The molecule has 0 heterocycles. The van der Waals surface area contributed by atoms with Gasteiger partial charge in [0.15, 0.2) is 0 Å². The molecule has 18 heavy (non-hydrogen) atoms. The first-order valence-corrected chi connectivity index (χ1v) is 6.99. The van der Waals surface area contributed by atoms with Gasteiger partial charge in [0.1, 0.15) is 5.78 Å². The zero-order valence-electron chi connectivity index (χ0n) is 12.3. The number of hydrogen-bond acceptors (Lipinski definition) is 1. The predicted molar refractivity (Wildman–Crippen MR) is 78.5 cm³/mol. The van der Waals surface area contributed by atoms with Gasteiger partial charge in [-0.15, -0.1) is 0 Å². The maximum atomic E-state index is 11.7. The number of ketones is 1. The molecule has 0 aromatic carbocycles. The number of carbonyl (C=O) groups excluding carboxylic acids is 1. The van der Waals surface area contributed by atoms with Gasteiger partial charge in [0.05, 0.1) is 0 Å². The average molecular weight is 246 g/mol. The minimum Gasteiger partial charge on any atom is -0.299 e. The highest BCUT2D eigenvalue weighted by atomic mass is 16.1. The Morgan fingerprint density at radius 2 is 1.72 bits per heavy atom. The van der Waals surface area contributed by atoms with E-state index >= 15 is 0 Å². The molecule has 1 aliphatic carbocycles. The van der Waals surface area contributed by atoms with Crippen LogP contribution < -0.4 is 0 Å². The molecule has 0 saturated heterocycles. The number of Topliss-reactive ketones (excluding diaryl/α,β-unsaturated/α-hetero) is 1. The van der Waals surface area contributed by atoms with Crippen molar-refractivity contribution in [1.29, 1.82) is 0 Å². The minimum atomic E-state index is 0.112. The Kier molecular flexibility index (Phi) is 6.11. The molecule has 100 valence electrons. The van der Waals surface area contributed by atoms with Gasteiger partial charge in [-0.2, -0.15) is 0 Å². The third-order valence-electron chi connectivity index (χ3n) is 3.81. The van der Waals surface area contributed by atoms with Crippen LogP contribution in [0.15, 0.2) is 34.9 Å². The molecule has 0 N–H and O–H groups in total. The van der Waals surface area contributed by atoms with Crippen molar-refractivity contribution in [1.82, 2.24) is 0 Å². The smallest absolute Gasteiger partial charge is 0.136 e. The van der Waals surface area contributed by atoms with Gasteiger partial charge in [-0.1, -0.05) is 34.9 Å². The molecular formula is C17H26O. The van der Waals surface area contributed by atoms with E-state index in [0.717, 1.165) is 32.1 Å². The zero-order chi connectivity index (χ0) is 13.5. The van der Waals surface area contributed by atoms with E-state index in [1.165, 1.54) is 16.7 Å². The molecule has 1 atom stereocenters. The van der Waals surface area contributed by atoms with Crippen LogP contribution >= 0.6 is 0 Å². The van der Waals surface area contributed by atoms with Crippen LogP contribution in [0.25, 0.3) is 0 Å². The summed E-state index contributed by atoms with van der Waals surface area (Å²) in [6, 6.07) is 0. The second kappa shape index (κ2) is 7.35. The van der Waals surface area contributed by atoms with Crippen molar-refractivity contribution in [2.24, 2.45) is 5.92 Å². The fourth-order valence-corrected chi connectivity index (χ4v) is 2.46. The third-order valence-corrected chi connectivity index (χ3v) is 3.81. The maximum absolute atomic E-state index is 11.7. The minimum absolute atomic E-state index is 0.112. The first-order chi connectivity index (χ1) is 8.50. The van der Waals surface area contributed by atoms with Crippen LogP contribution in [0.1, 0.15) is 59.8 Å². The van der Waals surface area contributed by atoms with Crippen LogP contribution in [0.2, 0.25) is 0 Å². The number of carbonyl (C=O) groups is 1. The monoisotopic (exact) mass is 246 g/mol. The molecule has 0 amide bonds. The second-order valence-corrected chi connectivity index (χ2v) is 5.53. The van der Waals surface area contributed by atoms with Crippen LogP contribution in [0, 0.1) is 5.92 Å². The summed E-state index contributed by atoms with van der Waals surface area (Å²) in [4.78, 5) is 11.7. The molecule has 1 nitrogen and oxygen atoms in total. The van der Waals surface area contributed by atoms with E-state index < -0.39 is 0 Å². The Hall–Kier alpha value is -1.11. The van der Waals surface area contributed by atoms with Gasteiger partial charge < -0.3 is 0 Å². The molecule has 0 bridgehead atoms. The predicted octanol–water partition coefficient (Wildman–Crippen LogP) is 4.99. The quantitative estimate of drug-likeness (QED) is 0.595.